The first-order valence-corrected chi connectivity index (χ1v) is 6.67. The summed E-state index contributed by atoms with van der Waals surface area (Å²) < 4.78 is 13.1. The molecule has 3 nitrogen and oxygen atoms in total. The fourth-order valence-electron chi connectivity index (χ4n) is 1.96. The molecule has 1 heterocycles. The number of aromatic nitrogens is 1. The van der Waals surface area contributed by atoms with Gasteiger partial charge in [0.25, 0.3) is 0 Å². The molecular weight excluding hydrogens is 297 g/mol. The molecule has 1 aromatic carbocycles. The van der Waals surface area contributed by atoms with E-state index in [0.29, 0.717) is 17.1 Å². The standard InChI is InChI=1S/C14H13ClFN3S/c1-7-5-8(2)18-14(12(7)13(17)20)19-11-4-3-9(16)6-10(11)15/h3-6H,1-2H3,(H2,17,20)(H,18,19). The number of anilines is 2. The predicted octanol–water partition coefficient (Wildman–Crippen LogP) is 3.87. The van der Waals surface area contributed by atoms with Crippen LogP contribution >= 0.6 is 23.8 Å². The number of rotatable bonds is 3. The lowest BCUT2D eigenvalue weighted by Crippen LogP contribution is -2.15. The van der Waals surface area contributed by atoms with Crippen molar-refractivity contribution in [3.05, 3.63) is 51.9 Å². The third-order valence-electron chi connectivity index (χ3n) is 2.78. The van der Waals surface area contributed by atoms with Crippen LogP contribution in [0.25, 0.3) is 0 Å². The first-order chi connectivity index (χ1) is 9.38. The maximum absolute atomic E-state index is 13.1. The molecule has 20 heavy (non-hydrogen) atoms. The van der Waals surface area contributed by atoms with E-state index in [1.807, 2.05) is 19.9 Å². The summed E-state index contributed by atoms with van der Waals surface area (Å²) in [4.78, 5) is 4.63. The Balaban J connectivity index is 2.50. The minimum absolute atomic E-state index is 0.246. The molecule has 104 valence electrons. The largest absolute Gasteiger partial charge is 0.389 e. The number of benzene rings is 1. The van der Waals surface area contributed by atoms with Crippen molar-refractivity contribution in [3.8, 4) is 0 Å². The van der Waals surface area contributed by atoms with E-state index in [0.717, 1.165) is 11.3 Å². The van der Waals surface area contributed by atoms with E-state index in [4.69, 9.17) is 29.6 Å². The molecule has 6 heteroatoms. The number of nitrogens with zero attached hydrogens (tertiary/aromatic N) is 1. The van der Waals surface area contributed by atoms with E-state index in [9.17, 15) is 4.39 Å². The van der Waals surface area contributed by atoms with Gasteiger partial charge in [-0.05, 0) is 43.7 Å². The van der Waals surface area contributed by atoms with Gasteiger partial charge in [0.1, 0.15) is 16.6 Å². The van der Waals surface area contributed by atoms with Gasteiger partial charge < -0.3 is 11.1 Å². The maximum atomic E-state index is 13.1. The van der Waals surface area contributed by atoms with E-state index < -0.39 is 5.82 Å². The minimum Gasteiger partial charge on any atom is -0.389 e. The van der Waals surface area contributed by atoms with Crippen LogP contribution in [0.4, 0.5) is 15.9 Å². The molecule has 0 aliphatic heterocycles. The van der Waals surface area contributed by atoms with Crippen LogP contribution in [0.2, 0.25) is 5.02 Å². The Kier molecular flexibility index (Phi) is 4.20. The highest BCUT2D eigenvalue weighted by molar-refractivity contribution is 7.80. The summed E-state index contributed by atoms with van der Waals surface area (Å²) in [5.74, 6) is 0.118. The summed E-state index contributed by atoms with van der Waals surface area (Å²) in [6.45, 7) is 3.77. The molecule has 0 unspecified atom stereocenters. The lowest BCUT2D eigenvalue weighted by molar-refractivity contribution is 0.628. The van der Waals surface area contributed by atoms with Crippen molar-refractivity contribution in [1.82, 2.24) is 4.98 Å². The number of nitrogens with one attached hydrogen (secondary N) is 1. The highest BCUT2D eigenvalue weighted by Crippen LogP contribution is 2.28. The Morgan fingerprint density at radius 3 is 2.65 bits per heavy atom. The Hall–Kier alpha value is -1.72. The monoisotopic (exact) mass is 309 g/mol. The fourth-order valence-corrected chi connectivity index (χ4v) is 2.43. The van der Waals surface area contributed by atoms with Crippen molar-refractivity contribution in [2.24, 2.45) is 5.73 Å². The van der Waals surface area contributed by atoms with Gasteiger partial charge in [-0.1, -0.05) is 23.8 Å². The van der Waals surface area contributed by atoms with Crippen LogP contribution < -0.4 is 11.1 Å². The predicted molar refractivity (Wildman–Crippen MR) is 84.3 cm³/mol. The molecule has 0 bridgehead atoms. The van der Waals surface area contributed by atoms with E-state index in [2.05, 4.69) is 10.3 Å². The van der Waals surface area contributed by atoms with Crippen LogP contribution in [0.1, 0.15) is 16.8 Å². The SMILES string of the molecule is Cc1cc(C)c(C(N)=S)c(Nc2ccc(F)cc2Cl)n1. The smallest absolute Gasteiger partial charge is 0.141 e. The number of thiocarbonyl (C=S) groups is 1. The van der Waals surface area contributed by atoms with Crippen LogP contribution in [-0.2, 0) is 0 Å². The molecule has 2 rings (SSSR count). The fraction of sp³-hybridized carbons (Fsp3) is 0.143. The summed E-state index contributed by atoms with van der Waals surface area (Å²) in [5, 5.41) is 3.32. The van der Waals surface area contributed by atoms with E-state index in [1.165, 1.54) is 12.1 Å². The molecule has 3 N–H and O–H groups in total. The van der Waals surface area contributed by atoms with Gasteiger partial charge >= 0.3 is 0 Å². The van der Waals surface area contributed by atoms with Crippen LogP contribution in [0.3, 0.4) is 0 Å². The second kappa shape index (κ2) is 5.73. The number of nitrogens with two attached hydrogens (primary N) is 1. The number of aryl methyl sites for hydroxylation is 2. The van der Waals surface area contributed by atoms with Gasteiger partial charge in [-0.15, -0.1) is 0 Å². The third kappa shape index (κ3) is 3.05. The zero-order chi connectivity index (χ0) is 14.9. The molecule has 0 aliphatic carbocycles. The molecule has 0 radical (unpaired) electrons. The lowest BCUT2D eigenvalue weighted by Gasteiger charge is -2.14. The maximum Gasteiger partial charge on any atom is 0.141 e. The van der Waals surface area contributed by atoms with Crippen LogP contribution in [0.15, 0.2) is 24.3 Å². The van der Waals surface area contributed by atoms with Gasteiger partial charge in [0, 0.05) is 5.69 Å². The molecule has 0 aliphatic rings. The van der Waals surface area contributed by atoms with Gasteiger partial charge in [-0.2, -0.15) is 0 Å². The van der Waals surface area contributed by atoms with E-state index in [1.54, 1.807) is 6.07 Å². The molecule has 0 atom stereocenters. The average Bonchev–Trinajstić information content (AvgIpc) is 2.31. The van der Waals surface area contributed by atoms with Crippen LogP contribution in [0, 0.1) is 19.7 Å². The van der Waals surface area contributed by atoms with Crippen molar-refractivity contribution in [3.63, 3.8) is 0 Å². The number of hydrogen-bond donors (Lipinski definition) is 2. The zero-order valence-corrected chi connectivity index (χ0v) is 12.6. The van der Waals surface area contributed by atoms with Gasteiger partial charge in [0.2, 0.25) is 0 Å². The van der Waals surface area contributed by atoms with Crippen molar-refractivity contribution >= 4 is 40.3 Å². The molecule has 0 spiro atoms. The summed E-state index contributed by atoms with van der Waals surface area (Å²) in [5.41, 5.74) is 8.69. The highest BCUT2D eigenvalue weighted by Gasteiger charge is 2.13. The van der Waals surface area contributed by atoms with Gasteiger partial charge in [-0.3, -0.25) is 0 Å². The Labute approximate surface area is 127 Å². The zero-order valence-electron chi connectivity index (χ0n) is 11.0. The van der Waals surface area contributed by atoms with Crippen LogP contribution in [0.5, 0.6) is 0 Å². The summed E-state index contributed by atoms with van der Waals surface area (Å²) in [7, 11) is 0. The summed E-state index contributed by atoms with van der Waals surface area (Å²) in [6.07, 6.45) is 0. The normalized spacial score (nSPS) is 10.4. The first-order valence-electron chi connectivity index (χ1n) is 5.88. The quantitative estimate of drug-likeness (QED) is 0.845. The summed E-state index contributed by atoms with van der Waals surface area (Å²) in [6, 6.07) is 5.98. The van der Waals surface area contributed by atoms with Gasteiger partial charge in [-0.25, -0.2) is 9.37 Å². The molecule has 2 aromatic rings. The van der Waals surface area contributed by atoms with Gasteiger partial charge in [0.15, 0.2) is 0 Å². The Morgan fingerprint density at radius 2 is 2.05 bits per heavy atom. The molecule has 1 aromatic heterocycles. The highest BCUT2D eigenvalue weighted by atomic mass is 35.5. The lowest BCUT2D eigenvalue weighted by atomic mass is 10.1. The molecule has 0 amide bonds. The van der Waals surface area contributed by atoms with Crippen molar-refractivity contribution in [1.29, 1.82) is 0 Å². The minimum atomic E-state index is -0.400. The van der Waals surface area contributed by atoms with Crippen molar-refractivity contribution in [2.45, 2.75) is 13.8 Å². The van der Waals surface area contributed by atoms with E-state index >= 15 is 0 Å². The third-order valence-corrected chi connectivity index (χ3v) is 3.29. The van der Waals surface area contributed by atoms with Crippen molar-refractivity contribution in [2.75, 3.05) is 5.32 Å². The number of pyridine rings is 1. The first kappa shape index (κ1) is 14.7. The Morgan fingerprint density at radius 1 is 1.35 bits per heavy atom. The van der Waals surface area contributed by atoms with Gasteiger partial charge in [0.05, 0.1) is 16.3 Å². The Bertz CT molecular complexity index is 688. The molecule has 0 saturated carbocycles. The number of halogens is 2. The van der Waals surface area contributed by atoms with Crippen molar-refractivity contribution < 1.29 is 4.39 Å². The van der Waals surface area contributed by atoms with E-state index in [-0.39, 0.29) is 10.0 Å². The summed E-state index contributed by atoms with van der Waals surface area (Å²) >= 11 is 11.1. The molecular formula is C14H13ClFN3S. The topological polar surface area (TPSA) is 50.9 Å². The van der Waals surface area contributed by atoms with Crippen LogP contribution in [-0.4, -0.2) is 9.97 Å². The molecule has 0 saturated heterocycles. The number of hydrogen-bond acceptors (Lipinski definition) is 3. The molecule has 0 fully saturated rings. The second-order valence-corrected chi connectivity index (χ2v) is 5.26. The second-order valence-electron chi connectivity index (χ2n) is 4.42. The average molecular weight is 310 g/mol.